The third-order valence-corrected chi connectivity index (χ3v) is 4.83. The summed E-state index contributed by atoms with van der Waals surface area (Å²) in [6, 6.07) is 9.55. The molecule has 0 saturated carbocycles. The van der Waals surface area contributed by atoms with Crippen LogP contribution in [-0.4, -0.2) is 30.2 Å². The number of carbonyl (C=O) groups is 1. The Morgan fingerprint density at radius 2 is 2.05 bits per heavy atom. The van der Waals surface area contributed by atoms with Crippen LogP contribution in [0.4, 0.5) is 10.8 Å². The lowest BCUT2D eigenvalue weighted by Crippen LogP contribution is -2.19. The molecule has 0 aliphatic carbocycles. The highest BCUT2D eigenvalue weighted by Gasteiger charge is 2.24. The molecule has 1 aliphatic heterocycles. The van der Waals surface area contributed by atoms with Crippen LogP contribution in [0.15, 0.2) is 46.4 Å². The number of carbonyl (C=O) groups excluding carboxylic acids is 1. The number of hydrogen-bond donors (Lipinski definition) is 1. The first kappa shape index (κ1) is 14.8. The smallest absolute Gasteiger partial charge is 0.264 e. The number of hydrogen-bond acceptors (Lipinski definition) is 6. The molecule has 2 aromatic rings. The van der Waals surface area contributed by atoms with Gasteiger partial charge in [-0.05, 0) is 30.0 Å². The maximum absolute atomic E-state index is 12.0. The fourth-order valence-electron chi connectivity index (χ4n) is 1.78. The molecule has 1 saturated heterocycles. The fraction of sp³-hybridized carbons (Fsp3) is 0.133. The number of aromatic nitrogens is 1. The first-order chi connectivity index (χ1) is 10.6. The van der Waals surface area contributed by atoms with Crippen molar-refractivity contribution in [1.29, 1.82) is 0 Å². The Balaban J connectivity index is 1.79. The van der Waals surface area contributed by atoms with E-state index < -0.39 is 0 Å². The Labute approximate surface area is 136 Å². The highest BCUT2D eigenvalue weighted by Crippen LogP contribution is 2.30. The number of thiazole rings is 1. The zero-order chi connectivity index (χ0) is 15.5. The van der Waals surface area contributed by atoms with Crippen molar-refractivity contribution < 1.29 is 4.79 Å². The number of nitrogens with one attached hydrogen (secondary N) is 1. The van der Waals surface area contributed by atoms with E-state index in [1.54, 1.807) is 17.5 Å². The Kier molecular flexibility index (Phi) is 4.26. The summed E-state index contributed by atoms with van der Waals surface area (Å²) >= 11 is 2.88. The predicted octanol–water partition coefficient (Wildman–Crippen LogP) is 3.10. The summed E-state index contributed by atoms with van der Waals surface area (Å²) in [6.45, 7) is 0. The van der Waals surface area contributed by atoms with Gasteiger partial charge < -0.3 is 10.2 Å². The van der Waals surface area contributed by atoms with E-state index >= 15 is 0 Å². The van der Waals surface area contributed by atoms with Gasteiger partial charge >= 0.3 is 0 Å². The van der Waals surface area contributed by atoms with Gasteiger partial charge in [0.2, 0.25) is 0 Å². The number of aliphatic imine (C=N–C) groups is 1. The van der Waals surface area contributed by atoms with Crippen LogP contribution in [0, 0.1) is 0 Å². The van der Waals surface area contributed by atoms with Crippen LogP contribution in [0.1, 0.15) is 4.88 Å². The average molecular weight is 330 g/mol. The standard InChI is InChI=1S/C15H14N4OS2/c1-19(2)15-16-9-11(21-15)8-12-13(20)18-14(22-12)17-10-6-4-3-5-7-10/h3-9H,1-2H3,(H,17,18,20). The molecule has 1 aromatic heterocycles. The molecular formula is C15H14N4OS2. The highest BCUT2D eigenvalue weighted by atomic mass is 32.2. The molecule has 1 fully saturated rings. The van der Waals surface area contributed by atoms with Crippen LogP contribution in [0.3, 0.4) is 0 Å². The molecule has 7 heteroatoms. The lowest BCUT2D eigenvalue weighted by atomic mass is 10.3. The quantitative estimate of drug-likeness (QED) is 0.879. The SMILES string of the molecule is CN(C)c1ncc(C=C2SC(=Nc3ccccc3)NC2=O)s1. The minimum atomic E-state index is -0.125. The van der Waals surface area contributed by atoms with Crippen molar-refractivity contribution in [3.63, 3.8) is 0 Å². The summed E-state index contributed by atoms with van der Waals surface area (Å²) in [5, 5.41) is 4.29. The Hall–Kier alpha value is -2.12. The Bertz CT molecular complexity index is 750. The van der Waals surface area contributed by atoms with Crippen molar-refractivity contribution in [2.75, 3.05) is 19.0 Å². The van der Waals surface area contributed by atoms with Crippen LogP contribution in [0.2, 0.25) is 0 Å². The number of thioether (sulfide) groups is 1. The van der Waals surface area contributed by atoms with Crippen LogP contribution >= 0.6 is 23.1 Å². The molecule has 3 rings (SSSR count). The van der Waals surface area contributed by atoms with Crippen molar-refractivity contribution in [2.45, 2.75) is 0 Å². The van der Waals surface area contributed by atoms with Crippen LogP contribution in [0.5, 0.6) is 0 Å². The van der Waals surface area contributed by atoms with Gasteiger partial charge in [0.25, 0.3) is 5.91 Å². The lowest BCUT2D eigenvalue weighted by molar-refractivity contribution is -0.115. The number of rotatable bonds is 3. The van der Waals surface area contributed by atoms with Gasteiger partial charge in [-0.3, -0.25) is 4.79 Å². The molecule has 1 N–H and O–H groups in total. The zero-order valence-corrected chi connectivity index (χ0v) is 13.7. The molecule has 1 aromatic carbocycles. The highest BCUT2D eigenvalue weighted by molar-refractivity contribution is 8.18. The number of amidine groups is 1. The molecular weight excluding hydrogens is 316 g/mol. The molecule has 0 radical (unpaired) electrons. The topological polar surface area (TPSA) is 57.6 Å². The first-order valence-corrected chi connectivity index (χ1v) is 8.23. The van der Waals surface area contributed by atoms with Gasteiger partial charge in [0.05, 0.1) is 15.5 Å². The van der Waals surface area contributed by atoms with Gasteiger partial charge in [-0.1, -0.05) is 29.5 Å². The minimum Gasteiger partial charge on any atom is -0.354 e. The van der Waals surface area contributed by atoms with E-state index in [1.165, 1.54) is 11.8 Å². The normalized spacial score (nSPS) is 18.0. The molecule has 0 atom stereocenters. The zero-order valence-electron chi connectivity index (χ0n) is 12.1. The van der Waals surface area contributed by atoms with Crippen molar-refractivity contribution in [2.24, 2.45) is 4.99 Å². The molecule has 1 amide bonds. The summed E-state index contributed by atoms with van der Waals surface area (Å²) < 4.78 is 0. The van der Waals surface area contributed by atoms with Gasteiger partial charge in [-0.15, -0.1) is 0 Å². The van der Waals surface area contributed by atoms with E-state index in [1.807, 2.05) is 55.4 Å². The van der Waals surface area contributed by atoms with E-state index in [9.17, 15) is 4.79 Å². The van der Waals surface area contributed by atoms with E-state index in [0.717, 1.165) is 15.7 Å². The van der Waals surface area contributed by atoms with E-state index in [-0.39, 0.29) is 5.91 Å². The van der Waals surface area contributed by atoms with Crippen molar-refractivity contribution in [3.8, 4) is 0 Å². The van der Waals surface area contributed by atoms with Crippen LogP contribution in [0.25, 0.3) is 6.08 Å². The number of anilines is 1. The average Bonchev–Trinajstić information content (AvgIpc) is 3.08. The summed E-state index contributed by atoms with van der Waals surface area (Å²) in [6.07, 6.45) is 3.62. The Morgan fingerprint density at radius 3 is 2.73 bits per heavy atom. The Morgan fingerprint density at radius 1 is 1.27 bits per heavy atom. The third kappa shape index (κ3) is 3.37. The molecule has 2 heterocycles. The van der Waals surface area contributed by atoms with Crippen LogP contribution < -0.4 is 10.2 Å². The summed E-state index contributed by atoms with van der Waals surface area (Å²) in [4.78, 5) is 24.2. The molecule has 112 valence electrons. The van der Waals surface area contributed by atoms with E-state index in [0.29, 0.717) is 10.1 Å². The maximum Gasteiger partial charge on any atom is 0.264 e. The molecule has 22 heavy (non-hydrogen) atoms. The monoisotopic (exact) mass is 330 g/mol. The maximum atomic E-state index is 12.0. The first-order valence-electron chi connectivity index (χ1n) is 6.59. The summed E-state index contributed by atoms with van der Waals surface area (Å²) in [7, 11) is 3.88. The molecule has 0 spiro atoms. The van der Waals surface area contributed by atoms with E-state index in [2.05, 4.69) is 15.3 Å². The third-order valence-electron chi connectivity index (χ3n) is 2.81. The fourth-order valence-corrected chi connectivity index (χ4v) is 3.47. The summed E-state index contributed by atoms with van der Waals surface area (Å²) in [5.41, 5.74) is 0.819. The number of benzene rings is 1. The molecule has 5 nitrogen and oxygen atoms in total. The van der Waals surface area contributed by atoms with Crippen molar-refractivity contribution in [1.82, 2.24) is 10.3 Å². The van der Waals surface area contributed by atoms with Crippen LogP contribution in [-0.2, 0) is 4.79 Å². The number of para-hydroxylation sites is 1. The number of nitrogens with zero attached hydrogens (tertiary/aromatic N) is 3. The lowest BCUT2D eigenvalue weighted by Gasteiger charge is -2.04. The van der Waals surface area contributed by atoms with E-state index in [4.69, 9.17) is 0 Å². The largest absolute Gasteiger partial charge is 0.354 e. The molecule has 0 bridgehead atoms. The van der Waals surface area contributed by atoms with Crippen molar-refractivity contribution in [3.05, 3.63) is 46.3 Å². The van der Waals surface area contributed by atoms with Gasteiger partial charge in [0, 0.05) is 20.3 Å². The number of amides is 1. The van der Waals surface area contributed by atoms with Crippen molar-refractivity contribution >= 4 is 51.1 Å². The van der Waals surface area contributed by atoms with Gasteiger partial charge in [-0.25, -0.2) is 9.98 Å². The van der Waals surface area contributed by atoms with Gasteiger partial charge in [0.1, 0.15) is 0 Å². The van der Waals surface area contributed by atoms with Gasteiger partial charge in [0.15, 0.2) is 10.3 Å². The molecule has 1 aliphatic rings. The predicted molar refractivity (Wildman–Crippen MR) is 93.7 cm³/mol. The minimum absolute atomic E-state index is 0.125. The second-order valence-electron chi connectivity index (χ2n) is 4.76. The second-order valence-corrected chi connectivity index (χ2v) is 6.83. The van der Waals surface area contributed by atoms with Gasteiger partial charge in [-0.2, -0.15) is 0 Å². The molecule has 0 unspecified atom stereocenters. The summed E-state index contributed by atoms with van der Waals surface area (Å²) in [5.74, 6) is -0.125. The second kappa shape index (κ2) is 6.33.